The van der Waals surface area contributed by atoms with Crippen molar-refractivity contribution < 1.29 is 17.5 Å². The zero-order valence-electron chi connectivity index (χ0n) is 13.8. The summed E-state index contributed by atoms with van der Waals surface area (Å²) >= 11 is 14.4. The molecule has 4 rings (SSSR count). The molecular weight excluding hydrogens is 512 g/mol. The van der Waals surface area contributed by atoms with Gasteiger partial charge in [0.15, 0.2) is 0 Å². The molecule has 0 atom stereocenters. The molecule has 1 aliphatic rings. The fourth-order valence-electron chi connectivity index (χ4n) is 2.88. The number of nitrogens with zero attached hydrogens (tertiary/aromatic N) is 2. The van der Waals surface area contributed by atoms with Crippen LogP contribution in [0.4, 0.5) is 5.69 Å². The number of fused-ring (bicyclic) bond motifs is 2. The molecule has 0 bridgehead atoms. The van der Waals surface area contributed by atoms with Gasteiger partial charge < -0.3 is 4.90 Å². The molecular formula is C16H13BrClN2O3S4+. The molecule has 142 valence electrons. The number of hydrogen-bond acceptors (Lipinski definition) is 6. The second-order valence-corrected chi connectivity index (χ2v) is 12.4. The SMILES string of the molecule is CCN1C(=Cc2sc3ccc(Cl)cc3[n+]2CS(=O)(=O)O)Sc2sc(Br)cc21. The van der Waals surface area contributed by atoms with Crippen LogP contribution < -0.4 is 9.47 Å². The van der Waals surface area contributed by atoms with Crippen LogP contribution in [-0.4, -0.2) is 19.5 Å². The van der Waals surface area contributed by atoms with Gasteiger partial charge in [-0.25, -0.2) is 0 Å². The van der Waals surface area contributed by atoms with Gasteiger partial charge in [0.1, 0.15) is 4.70 Å². The van der Waals surface area contributed by atoms with Crippen molar-refractivity contribution >= 4 is 94.1 Å². The van der Waals surface area contributed by atoms with Crippen LogP contribution >= 0.6 is 62.0 Å². The first-order valence-electron chi connectivity index (χ1n) is 7.78. The molecule has 2 aromatic heterocycles. The minimum absolute atomic E-state index is 0.515. The first kappa shape index (κ1) is 19.7. The number of rotatable bonds is 4. The van der Waals surface area contributed by atoms with Crippen LogP contribution in [0.15, 0.2) is 37.3 Å². The molecule has 1 aromatic carbocycles. The molecule has 5 nitrogen and oxygen atoms in total. The van der Waals surface area contributed by atoms with Gasteiger partial charge in [-0.15, -0.1) is 11.3 Å². The highest BCUT2D eigenvalue weighted by Crippen LogP contribution is 2.52. The summed E-state index contributed by atoms with van der Waals surface area (Å²) in [5.41, 5.74) is 1.83. The summed E-state index contributed by atoms with van der Waals surface area (Å²) in [5.74, 6) is -0.517. The molecule has 0 saturated heterocycles. The van der Waals surface area contributed by atoms with Crippen LogP contribution in [0.2, 0.25) is 5.02 Å². The number of hydrogen-bond donors (Lipinski definition) is 1. The number of anilines is 1. The van der Waals surface area contributed by atoms with Crippen LogP contribution in [0.3, 0.4) is 0 Å². The van der Waals surface area contributed by atoms with E-state index in [2.05, 4.69) is 33.8 Å². The third-order valence-electron chi connectivity index (χ3n) is 3.95. The summed E-state index contributed by atoms with van der Waals surface area (Å²) in [6, 6.07) is 7.44. The summed E-state index contributed by atoms with van der Waals surface area (Å²) in [6.07, 6.45) is 1.97. The highest BCUT2D eigenvalue weighted by atomic mass is 79.9. The van der Waals surface area contributed by atoms with E-state index in [1.165, 1.54) is 15.5 Å². The highest BCUT2D eigenvalue weighted by molar-refractivity contribution is 9.11. The number of thiophene rings is 1. The van der Waals surface area contributed by atoms with Gasteiger partial charge in [-0.05, 0) is 41.1 Å². The van der Waals surface area contributed by atoms with Crippen molar-refractivity contribution in [1.29, 1.82) is 0 Å². The molecule has 3 heterocycles. The lowest BCUT2D eigenvalue weighted by molar-refractivity contribution is -0.649. The van der Waals surface area contributed by atoms with E-state index in [-0.39, 0.29) is 0 Å². The second-order valence-electron chi connectivity index (χ2n) is 5.74. The molecule has 0 aliphatic carbocycles. The Balaban J connectivity index is 1.85. The summed E-state index contributed by atoms with van der Waals surface area (Å²) in [7, 11) is -4.20. The van der Waals surface area contributed by atoms with Crippen molar-refractivity contribution in [1.82, 2.24) is 0 Å². The molecule has 1 aliphatic heterocycles. The van der Waals surface area contributed by atoms with E-state index in [0.29, 0.717) is 10.5 Å². The minimum atomic E-state index is -4.20. The molecule has 1 N–H and O–H groups in total. The first-order chi connectivity index (χ1) is 12.7. The maximum Gasteiger partial charge on any atom is 0.326 e. The van der Waals surface area contributed by atoms with Crippen molar-refractivity contribution in [2.75, 3.05) is 11.4 Å². The van der Waals surface area contributed by atoms with Crippen LogP contribution in [0.25, 0.3) is 16.3 Å². The predicted octanol–water partition coefficient (Wildman–Crippen LogP) is 5.44. The van der Waals surface area contributed by atoms with Crippen LogP contribution in [0.1, 0.15) is 11.9 Å². The smallest absolute Gasteiger partial charge is 0.326 e. The van der Waals surface area contributed by atoms with E-state index in [9.17, 15) is 13.0 Å². The van der Waals surface area contributed by atoms with Crippen LogP contribution in [0, 0.1) is 0 Å². The number of halogens is 2. The summed E-state index contributed by atoms with van der Waals surface area (Å²) in [4.78, 5) is 2.19. The van der Waals surface area contributed by atoms with E-state index in [1.807, 2.05) is 12.1 Å². The average Bonchev–Trinajstić information content (AvgIpc) is 3.17. The van der Waals surface area contributed by atoms with Gasteiger partial charge >= 0.3 is 10.1 Å². The van der Waals surface area contributed by atoms with Crippen molar-refractivity contribution in [3.05, 3.63) is 43.1 Å². The largest absolute Gasteiger partial charge is 0.334 e. The minimum Gasteiger partial charge on any atom is -0.334 e. The van der Waals surface area contributed by atoms with Gasteiger partial charge in [0.25, 0.3) is 10.9 Å². The van der Waals surface area contributed by atoms with Crippen molar-refractivity contribution in [3.8, 4) is 0 Å². The van der Waals surface area contributed by atoms with E-state index in [1.54, 1.807) is 39.8 Å². The fraction of sp³-hybridized carbons (Fsp3) is 0.188. The Morgan fingerprint density at radius 3 is 2.81 bits per heavy atom. The average molecular weight is 525 g/mol. The Kier molecular flexibility index (Phi) is 5.34. The Bertz CT molecular complexity index is 1190. The summed E-state index contributed by atoms with van der Waals surface area (Å²) in [5, 5.41) is 2.27. The quantitative estimate of drug-likeness (QED) is 0.364. The lowest BCUT2D eigenvalue weighted by Gasteiger charge is -2.16. The van der Waals surface area contributed by atoms with Crippen molar-refractivity contribution in [2.24, 2.45) is 0 Å². The Morgan fingerprint density at radius 1 is 1.33 bits per heavy atom. The number of thiazole rings is 1. The van der Waals surface area contributed by atoms with Gasteiger partial charge in [0.2, 0.25) is 5.52 Å². The molecule has 0 spiro atoms. The normalized spacial score (nSPS) is 15.9. The Hall–Kier alpha value is -0.620. The lowest BCUT2D eigenvalue weighted by atomic mass is 10.3. The van der Waals surface area contributed by atoms with Crippen LogP contribution in [-0.2, 0) is 16.0 Å². The first-order valence-corrected chi connectivity index (χ1v) is 13.0. The predicted molar refractivity (Wildman–Crippen MR) is 117 cm³/mol. The highest BCUT2D eigenvalue weighted by Gasteiger charge is 2.30. The van der Waals surface area contributed by atoms with Gasteiger partial charge in [-0.3, -0.25) is 4.55 Å². The van der Waals surface area contributed by atoms with Crippen molar-refractivity contribution in [2.45, 2.75) is 17.0 Å². The Labute approximate surface area is 182 Å². The van der Waals surface area contributed by atoms with E-state index < -0.39 is 16.0 Å². The molecule has 27 heavy (non-hydrogen) atoms. The van der Waals surface area contributed by atoms with Gasteiger partial charge in [0, 0.05) is 17.6 Å². The maximum atomic E-state index is 11.6. The molecule has 0 radical (unpaired) electrons. The number of aromatic nitrogens is 1. The summed E-state index contributed by atoms with van der Waals surface area (Å²) in [6.45, 7) is 2.87. The standard InChI is InChI=1S/C16H12BrClN2O3S4/c1-2-19-11-6-13(17)25-16(11)26-14(19)7-15-20(8-27(21,22)23)10-5-9(18)3-4-12(10)24-15/h3-7H,2,8H2,1H3/p+1. The number of benzene rings is 1. The molecule has 11 heteroatoms. The van der Waals surface area contributed by atoms with E-state index in [4.69, 9.17) is 11.6 Å². The third-order valence-corrected chi connectivity index (χ3v) is 8.75. The van der Waals surface area contributed by atoms with Crippen LogP contribution in [0.5, 0.6) is 0 Å². The van der Waals surface area contributed by atoms with E-state index >= 15 is 0 Å². The topological polar surface area (TPSA) is 61.5 Å². The number of thioether (sulfide) groups is 1. The molecule has 0 fully saturated rings. The molecule has 0 amide bonds. The molecule has 0 unspecified atom stereocenters. The second kappa shape index (κ2) is 7.33. The maximum absolute atomic E-state index is 11.6. The monoisotopic (exact) mass is 523 g/mol. The zero-order chi connectivity index (χ0) is 19.3. The van der Waals surface area contributed by atoms with Gasteiger partial charge in [-0.2, -0.15) is 13.0 Å². The third kappa shape index (κ3) is 3.93. The van der Waals surface area contributed by atoms with Crippen molar-refractivity contribution in [3.63, 3.8) is 0 Å². The lowest BCUT2D eigenvalue weighted by Crippen LogP contribution is -2.39. The van der Waals surface area contributed by atoms with Gasteiger partial charge in [0.05, 0.1) is 24.8 Å². The van der Waals surface area contributed by atoms with E-state index in [0.717, 1.165) is 30.8 Å². The molecule has 0 saturated carbocycles. The Morgan fingerprint density at radius 2 is 2.11 bits per heavy atom. The summed E-state index contributed by atoms with van der Waals surface area (Å²) < 4.78 is 37.3. The zero-order valence-corrected chi connectivity index (χ0v) is 19.5. The molecule has 3 aromatic rings. The fourth-order valence-corrected chi connectivity index (χ4v) is 8.20. The van der Waals surface area contributed by atoms with Gasteiger partial charge in [-0.1, -0.05) is 34.7 Å².